The van der Waals surface area contributed by atoms with Gasteiger partial charge in [0.1, 0.15) is 5.82 Å². The van der Waals surface area contributed by atoms with E-state index in [1.807, 2.05) is 38.4 Å². The van der Waals surface area contributed by atoms with Crippen LogP contribution in [0.5, 0.6) is 0 Å². The van der Waals surface area contributed by atoms with Gasteiger partial charge in [-0.3, -0.25) is 0 Å². The molecular formula is C15H16ClN3O. The van der Waals surface area contributed by atoms with Crippen molar-refractivity contribution in [2.75, 3.05) is 7.05 Å². The highest BCUT2D eigenvalue weighted by molar-refractivity contribution is 6.29. The second-order valence-corrected chi connectivity index (χ2v) is 5.11. The van der Waals surface area contributed by atoms with E-state index < -0.39 is 0 Å². The third kappa shape index (κ3) is 2.21. The molecule has 0 amide bonds. The largest absolute Gasteiger partial charge is 0.453 e. The molecule has 20 heavy (non-hydrogen) atoms. The van der Waals surface area contributed by atoms with Crippen LogP contribution in [0.15, 0.2) is 41.0 Å². The van der Waals surface area contributed by atoms with Crippen LogP contribution in [-0.2, 0) is 13.5 Å². The van der Waals surface area contributed by atoms with E-state index in [0.29, 0.717) is 5.22 Å². The number of para-hydroxylation sites is 2. The van der Waals surface area contributed by atoms with Gasteiger partial charge in [0.05, 0.1) is 17.3 Å². The van der Waals surface area contributed by atoms with Crippen molar-refractivity contribution in [3.05, 3.63) is 53.2 Å². The number of halogens is 1. The minimum atomic E-state index is 0.0803. The minimum Gasteiger partial charge on any atom is -0.453 e. The van der Waals surface area contributed by atoms with Crippen LogP contribution in [0, 0.1) is 0 Å². The van der Waals surface area contributed by atoms with Gasteiger partial charge in [0.15, 0.2) is 5.22 Å². The van der Waals surface area contributed by atoms with Gasteiger partial charge >= 0.3 is 0 Å². The fourth-order valence-corrected chi connectivity index (χ4v) is 2.73. The highest BCUT2D eigenvalue weighted by atomic mass is 35.5. The van der Waals surface area contributed by atoms with Gasteiger partial charge < -0.3 is 14.3 Å². The highest BCUT2D eigenvalue weighted by Crippen LogP contribution is 2.27. The average Bonchev–Trinajstić information content (AvgIpc) is 3.01. The van der Waals surface area contributed by atoms with Crippen LogP contribution < -0.4 is 5.32 Å². The number of fused-ring (bicyclic) bond motifs is 1. The molecule has 0 spiro atoms. The van der Waals surface area contributed by atoms with Gasteiger partial charge in [0, 0.05) is 25.1 Å². The van der Waals surface area contributed by atoms with E-state index in [2.05, 4.69) is 20.9 Å². The summed E-state index contributed by atoms with van der Waals surface area (Å²) in [7, 11) is 3.95. The summed E-state index contributed by atoms with van der Waals surface area (Å²) in [6, 6.07) is 10.1. The zero-order valence-electron chi connectivity index (χ0n) is 11.4. The number of benzene rings is 1. The Morgan fingerprint density at radius 1 is 1.35 bits per heavy atom. The summed E-state index contributed by atoms with van der Waals surface area (Å²) >= 11 is 6.06. The molecule has 0 saturated heterocycles. The van der Waals surface area contributed by atoms with Crippen molar-refractivity contribution in [3.63, 3.8) is 0 Å². The van der Waals surface area contributed by atoms with Gasteiger partial charge in [0.2, 0.25) is 0 Å². The Morgan fingerprint density at radius 2 is 2.15 bits per heavy atom. The van der Waals surface area contributed by atoms with E-state index in [9.17, 15) is 0 Å². The molecule has 0 saturated carbocycles. The van der Waals surface area contributed by atoms with Crippen LogP contribution in [0.25, 0.3) is 11.0 Å². The van der Waals surface area contributed by atoms with E-state index in [1.165, 1.54) is 0 Å². The van der Waals surface area contributed by atoms with E-state index >= 15 is 0 Å². The van der Waals surface area contributed by atoms with E-state index in [-0.39, 0.29) is 6.04 Å². The number of aromatic nitrogens is 2. The van der Waals surface area contributed by atoms with Crippen molar-refractivity contribution in [1.29, 1.82) is 0 Å². The molecule has 0 aliphatic carbocycles. The first kappa shape index (κ1) is 13.2. The Kier molecular flexibility index (Phi) is 3.51. The van der Waals surface area contributed by atoms with Gasteiger partial charge in [-0.2, -0.15) is 0 Å². The van der Waals surface area contributed by atoms with E-state index in [0.717, 1.165) is 28.8 Å². The summed E-state index contributed by atoms with van der Waals surface area (Å²) in [6.45, 7) is 0. The Bertz CT molecular complexity index is 732. The summed E-state index contributed by atoms with van der Waals surface area (Å²) < 4.78 is 7.29. The number of nitrogens with one attached hydrogen (secondary N) is 1. The topological polar surface area (TPSA) is 43.0 Å². The standard InChI is InChI=1S/C15H16ClN3O/c1-17-12(10-7-8-20-15(10)16)9-14-18-11-5-3-4-6-13(11)19(14)2/h3-8,12,17H,9H2,1-2H3. The van der Waals surface area contributed by atoms with Gasteiger partial charge in [-0.1, -0.05) is 12.1 Å². The summed E-state index contributed by atoms with van der Waals surface area (Å²) in [5, 5.41) is 3.70. The minimum absolute atomic E-state index is 0.0803. The Hall–Kier alpha value is -1.78. The van der Waals surface area contributed by atoms with Gasteiger partial charge in [0.25, 0.3) is 0 Å². The average molecular weight is 290 g/mol. The lowest BCUT2D eigenvalue weighted by atomic mass is 10.1. The Balaban J connectivity index is 1.95. The van der Waals surface area contributed by atoms with Crippen LogP contribution in [0.3, 0.4) is 0 Å². The molecule has 0 bridgehead atoms. The predicted molar refractivity (Wildman–Crippen MR) is 79.9 cm³/mol. The molecule has 0 fully saturated rings. The maximum absolute atomic E-state index is 6.06. The van der Waals surface area contributed by atoms with Crippen LogP contribution in [-0.4, -0.2) is 16.6 Å². The van der Waals surface area contributed by atoms with E-state index in [1.54, 1.807) is 6.26 Å². The molecule has 5 heteroatoms. The van der Waals surface area contributed by atoms with Crippen molar-refractivity contribution in [2.24, 2.45) is 7.05 Å². The lowest BCUT2D eigenvalue weighted by Gasteiger charge is -2.14. The first-order valence-corrected chi connectivity index (χ1v) is 6.89. The molecule has 4 nitrogen and oxygen atoms in total. The molecule has 0 aliphatic rings. The number of hydrogen-bond donors (Lipinski definition) is 1. The molecule has 2 aromatic heterocycles. The first-order valence-electron chi connectivity index (χ1n) is 6.51. The summed E-state index contributed by atoms with van der Waals surface area (Å²) in [5.41, 5.74) is 3.11. The third-order valence-corrected chi connectivity index (χ3v) is 3.94. The number of imidazole rings is 1. The van der Waals surface area contributed by atoms with Crippen molar-refractivity contribution < 1.29 is 4.42 Å². The third-order valence-electron chi connectivity index (χ3n) is 3.64. The van der Waals surface area contributed by atoms with Crippen molar-refractivity contribution in [3.8, 4) is 0 Å². The Morgan fingerprint density at radius 3 is 2.80 bits per heavy atom. The van der Waals surface area contributed by atoms with Crippen molar-refractivity contribution in [2.45, 2.75) is 12.5 Å². The number of furan rings is 1. The molecule has 1 aromatic carbocycles. The highest BCUT2D eigenvalue weighted by Gasteiger charge is 2.18. The van der Waals surface area contributed by atoms with E-state index in [4.69, 9.17) is 16.0 Å². The quantitative estimate of drug-likeness (QED) is 0.801. The summed E-state index contributed by atoms with van der Waals surface area (Å²) in [6.07, 6.45) is 2.36. The number of rotatable bonds is 4. The molecule has 2 heterocycles. The fourth-order valence-electron chi connectivity index (χ4n) is 2.48. The molecular weight excluding hydrogens is 274 g/mol. The monoisotopic (exact) mass is 289 g/mol. The molecule has 3 rings (SSSR count). The van der Waals surface area contributed by atoms with Crippen LogP contribution in [0.2, 0.25) is 5.22 Å². The maximum Gasteiger partial charge on any atom is 0.197 e. The number of nitrogens with zero attached hydrogens (tertiary/aromatic N) is 2. The van der Waals surface area contributed by atoms with Gasteiger partial charge in [-0.15, -0.1) is 0 Å². The SMILES string of the molecule is CNC(Cc1nc2ccccc2n1C)c1ccoc1Cl. The van der Waals surface area contributed by atoms with Gasteiger partial charge in [-0.05, 0) is 36.8 Å². The molecule has 1 unspecified atom stereocenters. The van der Waals surface area contributed by atoms with Crippen LogP contribution in [0.1, 0.15) is 17.4 Å². The molecule has 104 valence electrons. The smallest absolute Gasteiger partial charge is 0.197 e. The van der Waals surface area contributed by atoms with Crippen molar-refractivity contribution >= 4 is 22.6 Å². The first-order chi connectivity index (χ1) is 9.70. The second-order valence-electron chi connectivity index (χ2n) is 4.77. The zero-order chi connectivity index (χ0) is 14.1. The van der Waals surface area contributed by atoms with Crippen molar-refractivity contribution in [1.82, 2.24) is 14.9 Å². The lowest BCUT2D eigenvalue weighted by molar-refractivity contribution is 0.535. The predicted octanol–water partition coefficient (Wildman–Crippen LogP) is 3.32. The second kappa shape index (κ2) is 5.31. The van der Waals surface area contributed by atoms with Crippen LogP contribution >= 0.6 is 11.6 Å². The molecule has 1 N–H and O–H groups in total. The zero-order valence-corrected chi connectivity index (χ0v) is 12.2. The van der Waals surface area contributed by atoms with Gasteiger partial charge in [-0.25, -0.2) is 4.98 Å². The summed E-state index contributed by atoms with van der Waals surface area (Å²) in [4.78, 5) is 4.69. The number of hydrogen-bond acceptors (Lipinski definition) is 3. The Labute approximate surface area is 122 Å². The molecule has 1 atom stereocenters. The van der Waals surface area contributed by atoms with Crippen LogP contribution in [0.4, 0.5) is 0 Å². The fraction of sp³-hybridized carbons (Fsp3) is 0.267. The lowest BCUT2D eigenvalue weighted by Crippen LogP contribution is -2.20. The molecule has 0 radical (unpaired) electrons. The number of aryl methyl sites for hydroxylation is 1. The number of likely N-dealkylation sites (N-methyl/N-ethyl adjacent to an activating group) is 1. The normalized spacial score (nSPS) is 12.9. The maximum atomic E-state index is 6.06. The summed E-state index contributed by atoms with van der Waals surface area (Å²) in [5.74, 6) is 1.02. The molecule has 0 aliphatic heterocycles. The molecule has 3 aromatic rings.